The molecule has 0 fully saturated rings. The molecule has 1 aromatic rings. The van der Waals surface area contributed by atoms with E-state index in [9.17, 15) is 0 Å². The van der Waals surface area contributed by atoms with Crippen LogP contribution < -0.4 is 34.5 Å². The van der Waals surface area contributed by atoms with E-state index in [-0.39, 0.29) is 29.6 Å². The van der Waals surface area contributed by atoms with Crippen molar-refractivity contribution in [2.45, 2.75) is 25.7 Å². The Hall–Kier alpha value is 0.760. The van der Waals surface area contributed by atoms with E-state index in [2.05, 4.69) is 27.0 Å². The van der Waals surface area contributed by atoms with E-state index in [1.54, 1.807) is 0 Å². The van der Waals surface area contributed by atoms with Crippen LogP contribution in [0.4, 0.5) is 0 Å². The van der Waals surface area contributed by atoms with Crippen molar-refractivity contribution in [2.75, 3.05) is 5.33 Å². The van der Waals surface area contributed by atoms with Gasteiger partial charge in [0.2, 0.25) is 0 Å². The van der Waals surface area contributed by atoms with Crippen molar-refractivity contribution >= 4 is 15.9 Å². The molecule has 1 rings (SSSR count). The van der Waals surface area contributed by atoms with Gasteiger partial charge in [-0.3, -0.25) is 0 Å². The van der Waals surface area contributed by atoms with Gasteiger partial charge in [-0.1, -0.05) is 40.9 Å². The molecule has 0 aliphatic rings. The van der Waals surface area contributed by atoms with Gasteiger partial charge in [0.15, 0.2) is 0 Å². The maximum atomic E-state index is 4.20. The first-order chi connectivity index (χ1) is 5.43. The van der Waals surface area contributed by atoms with Crippen LogP contribution >= 0.6 is 15.9 Å². The molecule has 0 N–H and O–H groups in total. The molecule has 3 heteroatoms. The maximum absolute atomic E-state index is 4.20. The first-order valence-electron chi connectivity index (χ1n) is 4.06. The summed E-state index contributed by atoms with van der Waals surface area (Å²) in [5.74, 6) is 0. The molecule has 0 bridgehead atoms. The molecule has 0 amide bonds. The smallest absolute Gasteiger partial charge is 0.668 e. The third kappa shape index (κ3) is 5.41. The van der Waals surface area contributed by atoms with E-state index < -0.39 is 0 Å². The molecule has 1 nitrogen and oxygen atoms in total. The first-order valence-corrected chi connectivity index (χ1v) is 5.18. The SMILES string of the molecule is BrCCCCCc1ccc[n-]1.[Na+]. The van der Waals surface area contributed by atoms with Crippen molar-refractivity contribution in [1.29, 1.82) is 0 Å². The quantitative estimate of drug-likeness (QED) is 0.392. The van der Waals surface area contributed by atoms with Gasteiger partial charge in [-0.2, -0.15) is 11.9 Å². The number of alkyl halides is 1. The summed E-state index contributed by atoms with van der Waals surface area (Å²) in [6.07, 6.45) is 6.85. The average molecular weight is 238 g/mol. The second-order valence-electron chi connectivity index (χ2n) is 2.63. The maximum Gasteiger partial charge on any atom is 1.00 e. The van der Waals surface area contributed by atoms with Crippen molar-refractivity contribution in [3.05, 3.63) is 24.0 Å². The van der Waals surface area contributed by atoms with E-state index in [1.165, 1.54) is 25.0 Å². The van der Waals surface area contributed by atoms with Gasteiger partial charge >= 0.3 is 29.6 Å². The Morgan fingerprint density at radius 2 is 2.08 bits per heavy atom. The van der Waals surface area contributed by atoms with Crippen LogP contribution in [0.5, 0.6) is 0 Å². The Kier molecular flexibility index (Phi) is 8.89. The number of rotatable bonds is 5. The summed E-state index contributed by atoms with van der Waals surface area (Å²) < 4.78 is 0. The number of nitrogens with zero attached hydrogens (tertiary/aromatic N) is 1. The van der Waals surface area contributed by atoms with Crippen LogP contribution in [-0.4, -0.2) is 5.33 Å². The van der Waals surface area contributed by atoms with E-state index in [0.717, 1.165) is 11.8 Å². The van der Waals surface area contributed by atoms with Gasteiger partial charge in [0.05, 0.1) is 0 Å². The summed E-state index contributed by atoms with van der Waals surface area (Å²) in [5.41, 5.74) is 1.24. The Balaban J connectivity index is 0.00000121. The Bertz CT molecular complexity index is 175. The van der Waals surface area contributed by atoms with Gasteiger partial charge in [-0.15, -0.1) is 0 Å². The number of unbranched alkanes of at least 4 members (excludes halogenated alkanes) is 2. The monoisotopic (exact) mass is 237 g/mol. The zero-order chi connectivity index (χ0) is 7.94. The third-order valence-electron chi connectivity index (χ3n) is 1.68. The number of halogens is 1. The molecule has 62 valence electrons. The summed E-state index contributed by atoms with van der Waals surface area (Å²) in [4.78, 5) is 4.20. The van der Waals surface area contributed by atoms with Crippen molar-refractivity contribution in [1.82, 2.24) is 4.98 Å². The average Bonchev–Trinajstić information content (AvgIpc) is 2.50. The molecule has 0 unspecified atom stereocenters. The first kappa shape index (κ1) is 12.8. The number of aromatic nitrogens is 1. The Morgan fingerprint density at radius 1 is 1.25 bits per heavy atom. The minimum atomic E-state index is 0. The molecule has 0 saturated carbocycles. The molecule has 1 heterocycles. The Labute approximate surface area is 105 Å². The second kappa shape index (κ2) is 8.36. The van der Waals surface area contributed by atoms with E-state index in [0.29, 0.717) is 0 Å². The zero-order valence-corrected chi connectivity index (χ0v) is 11.2. The zero-order valence-electron chi connectivity index (χ0n) is 7.59. The number of hydrogen-bond acceptors (Lipinski definition) is 0. The van der Waals surface area contributed by atoms with Crippen molar-refractivity contribution in [3.8, 4) is 0 Å². The predicted molar refractivity (Wildman–Crippen MR) is 51.1 cm³/mol. The molecule has 1 aromatic heterocycles. The van der Waals surface area contributed by atoms with Crippen molar-refractivity contribution in [3.63, 3.8) is 0 Å². The fourth-order valence-electron chi connectivity index (χ4n) is 1.06. The molecule has 0 aliphatic heterocycles. The normalized spacial score (nSPS) is 9.42. The van der Waals surface area contributed by atoms with Gasteiger partial charge < -0.3 is 4.98 Å². The third-order valence-corrected chi connectivity index (χ3v) is 2.24. The van der Waals surface area contributed by atoms with Crippen LogP contribution in [0, 0.1) is 0 Å². The fourth-order valence-corrected chi connectivity index (χ4v) is 1.46. The summed E-state index contributed by atoms with van der Waals surface area (Å²) >= 11 is 3.41. The van der Waals surface area contributed by atoms with Gasteiger partial charge in [-0.25, -0.2) is 0 Å². The molecule has 0 saturated heterocycles. The molecule has 0 radical (unpaired) electrons. The summed E-state index contributed by atoms with van der Waals surface area (Å²) in [6.45, 7) is 0. The molecule has 0 spiro atoms. The largest absolute Gasteiger partial charge is 1.00 e. The fraction of sp³-hybridized carbons (Fsp3) is 0.556. The van der Waals surface area contributed by atoms with E-state index in [1.807, 2.05) is 12.3 Å². The molecule has 12 heavy (non-hydrogen) atoms. The van der Waals surface area contributed by atoms with E-state index in [4.69, 9.17) is 0 Å². The topological polar surface area (TPSA) is 14.1 Å². The molecular formula is C9H13BrNNa. The van der Waals surface area contributed by atoms with Crippen LogP contribution in [-0.2, 0) is 6.42 Å². The molecular weight excluding hydrogens is 225 g/mol. The number of aryl methyl sites for hydroxylation is 1. The molecule has 0 aliphatic carbocycles. The predicted octanol–water partition coefficient (Wildman–Crippen LogP) is -0.245. The van der Waals surface area contributed by atoms with Crippen molar-refractivity contribution in [2.24, 2.45) is 0 Å². The van der Waals surface area contributed by atoms with Crippen LogP contribution in [0.25, 0.3) is 0 Å². The van der Waals surface area contributed by atoms with Crippen LogP contribution in [0.2, 0.25) is 0 Å². The minimum absolute atomic E-state index is 0. The van der Waals surface area contributed by atoms with Crippen LogP contribution in [0.1, 0.15) is 25.0 Å². The van der Waals surface area contributed by atoms with Gasteiger partial charge in [0.25, 0.3) is 0 Å². The summed E-state index contributed by atoms with van der Waals surface area (Å²) in [5, 5.41) is 1.13. The van der Waals surface area contributed by atoms with Crippen LogP contribution in [0.3, 0.4) is 0 Å². The standard InChI is InChI=1S/C9H13BrN.Na/c10-7-3-1-2-5-9-6-4-8-11-9;/h4,6,8H,1-3,5,7H2;/q-1;+1. The molecule has 0 aromatic carbocycles. The summed E-state index contributed by atoms with van der Waals surface area (Å²) in [7, 11) is 0. The van der Waals surface area contributed by atoms with Gasteiger partial charge in [0.1, 0.15) is 0 Å². The van der Waals surface area contributed by atoms with Gasteiger partial charge in [-0.05, 0) is 12.8 Å². The van der Waals surface area contributed by atoms with Gasteiger partial charge in [0, 0.05) is 5.33 Å². The van der Waals surface area contributed by atoms with Crippen molar-refractivity contribution < 1.29 is 29.6 Å². The molecule has 0 atom stereocenters. The summed E-state index contributed by atoms with van der Waals surface area (Å²) in [6, 6.07) is 4.09. The van der Waals surface area contributed by atoms with Crippen LogP contribution in [0.15, 0.2) is 18.3 Å². The Morgan fingerprint density at radius 3 is 2.67 bits per heavy atom. The second-order valence-corrected chi connectivity index (χ2v) is 3.42. The number of hydrogen-bond donors (Lipinski definition) is 0. The van der Waals surface area contributed by atoms with E-state index >= 15 is 0 Å². The minimum Gasteiger partial charge on any atom is -0.668 e.